The minimum Gasteiger partial charge on any atom is -0.353 e. The summed E-state index contributed by atoms with van der Waals surface area (Å²) >= 11 is 0. The standard InChI is InChI=1S/C18H27N5O2/c1-5-6-7-8-23-11-14(9-15(23)17(24)20-12(2)3)22-18(25)16-19-10-13(4)21-16/h10,12,14-15H,5,8-9,11H2,1-4H3,(H,19,21)(H,20,24)(H,22,25)/t14-,15+/m1/s1. The van der Waals surface area contributed by atoms with Crippen molar-refractivity contribution in [3.8, 4) is 11.8 Å². The number of H-pyrrole nitrogens is 1. The fraction of sp³-hybridized carbons (Fsp3) is 0.611. The molecule has 1 aliphatic rings. The summed E-state index contributed by atoms with van der Waals surface area (Å²) in [5.41, 5.74) is 0.835. The van der Waals surface area contributed by atoms with Crippen LogP contribution in [0, 0.1) is 18.8 Å². The van der Waals surface area contributed by atoms with Crippen LogP contribution in [-0.2, 0) is 4.79 Å². The van der Waals surface area contributed by atoms with E-state index in [9.17, 15) is 9.59 Å². The van der Waals surface area contributed by atoms with E-state index in [0.29, 0.717) is 25.3 Å². The SMILES string of the molecule is CCC#CCN1C[C@H](NC(=O)c2ncc(C)[nH]2)C[C@H]1C(=O)NC(C)C. The molecular formula is C18H27N5O2. The summed E-state index contributed by atoms with van der Waals surface area (Å²) < 4.78 is 0. The molecule has 0 aromatic carbocycles. The molecule has 2 heterocycles. The third kappa shape index (κ3) is 5.33. The third-order valence-corrected chi connectivity index (χ3v) is 3.97. The quantitative estimate of drug-likeness (QED) is 0.690. The Morgan fingerprint density at radius 2 is 2.20 bits per heavy atom. The van der Waals surface area contributed by atoms with Gasteiger partial charge in [-0.15, -0.1) is 5.92 Å². The van der Waals surface area contributed by atoms with Crippen molar-refractivity contribution in [2.24, 2.45) is 0 Å². The summed E-state index contributed by atoms with van der Waals surface area (Å²) in [6, 6.07) is -0.308. The largest absolute Gasteiger partial charge is 0.353 e. The van der Waals surface area contributed by atoms with E-state index >= 15 is 0 Å². The molecule has 1 aliphatic heterocycles. The maximum absolute atomic E-state index is 12.5. The van der Waals surface area contributed by atoms with Crippen molar-refractivity contribution in [2.45, 2.75) is 58.7 Å². The van der Waals surface area contributed by atoms with Gasteiger partial charge in [0.05, 0.1) is 12.6 Å². The molecule has 2 rings (SSSR count). The predicted molar refractivity (Wildman–Crippen MR) is 95.9 cm³/mol. The molecule has 2 amide bonds. The van der Waals surface area contributed by atoms with Gasteiger partial charge in [0.1, 0.15) is 0 Å². The fourth-order valence-electron chi connectivity index (χ4n) is 2.90. The summed E-state index contributed by atoms with van der Waals surface area (Å²) in [6.07, 6.45) is 2.97. The van der Waals surface area contributed by atoms with Crippen molar-refractivity contribution < 1.29 is 9.59 Å². The van der Waals surface area contributed by atoms with Crippen LogP contribution >= 0.6 is 0 Å². The second-order valence-corrected chi connectivity index (χ2v) is 6.64. The second-order valence-electron chi connectivity index (χ2n) is 6.64. The highest BCUT2D eigenvalue weighted by molar-refractivity contribution is 5.91. The molecule has 2 atom stereocenters. The van der Waals surface area contributed by atoms with Crippen molar-refractivity contribution in [1.82, 2.24) is 25.5 Å². The van der Waals surface area contributed by atoms with Gasteiger partial charge in [0, 0.05) is 36.9 Å². The number of rotatable bonds is 5. The smallest absolute Gasteiger partial charge is 0.287 e. The Balaban J connectivity index is 2.03. The minimum absolute atomic E-state index is 0.0149. The van der Waals surface area contributed by atoms with E-state index in [1.54, 1.807) is 6.20 Å². The van der Waals surface area contributed by atoms with E-state index in [-0.39, 0.29) is 29.9 Å². The first-order valence-corrected chi connectivity index (χ1v) is 8.73. The molecule has 0 unspecified atom stereocenters. The molecule has 7 heteroatoms. The van der Waals surface area contributed by atoms with Gasteiger partial charge in [-0.05, 0) is 27.2 Å². The average molecular weight is 345 g/mol. The zero-order valence-corrected chi connectivity index (χ0v) is 15.3. The lowest BCUT2D eigenvalue weighted by molar-refractivity contribution is -0.125. The molecule has 1 saturated heterocycles. The summed E-state index contributed by atoms with van der Waals surface area (Å²) in [5.74, 6) is 6.16. The fourth-order valence-corrected chi connectivity index (χ4v) is 2.90. The molecule has 0 radical (unpaired) electrons. The topological polar surface area (TPSA) is 90.1 Å². The average Bonchev–Trinajstić information content (AvgIpc) is 3.13. The number of carbonyl (C=O) groups is 2. The number of hydrogen-bond donors (Lipinski definition) is 3. The lowest BCUT2D eigenvalue weighted by Gasteiger charge is -2.22. The van der Waals surface area contributed by atoms with Gasteiger partial charge in [0.15, 0.2) is 5.82 Å². The van der Waals surface area contributed by atoms with Crippen LogP contribution in [0.25, 0.3) is 0 Å². The Morgan fingerprint density at radius 3 is 2.80 bits per heavy atom. The Kier molecular flexibility index (Phi) is 6.59. The summed E-state index contributed by atoms with van der Waals surface area (Å²) in [5, 5.41) is 5.92. The van der Waals surface area contributed by atoms with E-state index in [1.807, 2.05) is 32.6 Å². The van der Waals surface area contributed by atoms with E-state index in [1.165, 1.54) is 0 Å². The van der Waals surface area contributed by atoms with Crippen molar-refractivity contribution >= 4 is 11.8 Å². The zero-order chi connectivity index (χ0) is 18.4. The number of hydrogen-bond acceptors (Lipinski definition) is 4. The number of aromatic amines is 1. The lowest BCUT2D eigenvalue weighted by Crippen LogP contribution is -2.45. The van der Waals surface area contributed by atoms with E-state index < -0.39 is 0 Å². The lowest BCUT2D eigenvalue weighted by atomic mass is 10.1. The summed E-state index contributed by atoms with van der Waals surface area (Å²) in [6.45, 7) is 8.84. The predicted octanol–water partition coefficient (Wildman–Crippen LogP) is 0.829. The zero-order valence-electron chi connectivity index (χ0n) is 15.3. The van der Waals surface area contributed by atoms with Gasteiger partial charge < -0.3 is 15.6 Å². The first-order chi connectivity index (χ1) is 11.9. The molecule has 1 fully saturated rings. The first kappa shape index (κ1) is 19.0. The molecular weight excluding hydrogens is 318 g/mol. The molecule has 1 aromatic rings. The van der Waals surface area contributed by atoms with E-state index in [2.05, 4.69) is 32.4 Å². The van der Waals surface area contributed by atoms with Crippen LogP contribution in [0.15, 0.2) is 6.20 Å². The molecule has 1 aromatic heterocycles. The number of aromatic nitrogens is 2. The van der Waals surface area contributed by atoms with Crippen molar-refractivity contribution in [2.75, 3.05) is 13.1 Å². The number of carbonyl (C=O) groups excluding carboxylic acids is 2. The molecule has 25 heavy (non-hydrogen) atoms. The van der Waals surface area contributed by atoms with Gasteiger partial charge >= 0.3 is 0 Å². The number of likely N-dealkylation sites (tertiary alicyclic amines) is 1. The Hall–Kier alpha value is -2.33. The van der Waals surface area contributed by atoms with Crippen LogP contribution in [-0.4, -0.2) is 57.9 Å². The van der Waals surface area contributed by atoms with Gasteiger partial charge in [0.2, 0.25) is 5.91 Å². The van der Waals surface area contributed by atoms with Crippen LogP contribution in [0.3, 0.4) is 0 Å². The number of nitrogens with zero attached hydrogens (tertiary/aromatic N) is 2. The molecule has 0 saturated carbocycles. The second kappa shape index (κ2) is 8.67. The molecule has 7 nitrogen and oxygen atoms in total. The summed E-state index contributed by atoms with van der Waals surface area (Å²) in [4.78, 5) is 33.8. The van der Waals surface area contributed by atoms with E-state index in [4.69, 9.17) is 0 Å². The van der Waals surface area contributed by atoms with Crippen molar-refractivity contribution in [1.29, 1.82) is 0 Å². The number of amides is 2. The van der Waals surface area contributed by atoms with Crippen LogP contribution < -0.4 is 10.6 Å². The number of nitrogens with one attached hydrogen (secondary N) is 3. The molecule has 0 spiro atoms. The van der Waals surface area contributed by atoms with Gasteiger partial charge in [-0.3, -0.25) is 14.5 Å². The van der Waals surface area contributed by atoms with Crippen LogP contribution in [0.1, 0.15) is 49.9 Å². The number of imidazole rings is 1. The van der Waals surface area contributed by atoms with Gasteiger partial charge in [-0.2, -0.15) is 0 Å². The Morgan fingerprint density at radius 1 is 1.44 bits per heavy atom. The van der Waals surface area contributed by atoms with Gasteiger partial charge in [-0.1, -0.05) is 12.8 Å². The first-order valence-electron chi connectivity index (χ1n) is 8.73. The van der Waals surface area contributed by atoms with Crippen LogP contribution in [0.2, 0.25) is 0 Å². The highest BCUT2D eigenvalue weighted by Gasteiger charge is 2.37. The van der Waals surface area contributed by atoms with Crippen molar-refractivity contribution in [3.63, 3.8) is 0 Å². The van der Waals surface area contributed by atoms with Crippen LogP contribution in [0.4, 0.5) is 0 Å². The Labute approximate surface area is 149 Å². The summed E-state index contributed by atoms with van der Waals surface area (Å²) in [7, 11) is 0. The highest BCUT2D eigenvalue weighted by Crippen LogP contribution is 2.18. The maximum Gasteiger partial charge on any atom is 0.287 e. The third-order valence-electron chi connectivity index (χ3n) is 3.97. The van der Waals surface area contributed by atoms with Gasteiger partial charge in [0.25, 0.3) is 5.91 Å². The molecule has 0 bridgehead atoms. The molecule has 136 valence electrons. The monoisotopic (exact) mass is 345 g/mol. The highest BCUT2D eigenvalue weighted by atomic mass is 16.2. The van der Waals surface area contributed by atoms with Crippen LogP contribution in [0.5, 0.6) is 0 Å². The van der Waals surface area contributed by atoms with Gasteiger partial charge in [-0.25, -0.2) is 4.98 Å². The molecule has 3 N–H and O–H groups in total. The van der Waals surface area contributed by atoms with Crippen molar-refractivity contribution in [3.05, 3.63) is 17.7 Å². The minimum atomic E-state index is -0.280. The Bertz CT molecular complexity index is 670. The maximum atomic E-state index is 12.5. The normalized spacial score (nSPS) is 20.2. The number of aryl methyl sites for hydroxylation is 1. The van der Waals surface area contributed by atoms with E-state index in [0.717, 1.165) is 12.1 Å². The molecule has 0 aliphatic carbocycles.